The van der Waals surface area contributed by atoms with E-state index in [0.29, 0.717) is 5.54 Å². The summed E-state index contributed by atoms with van der Waals surface area (Å²) >= 11 is 0. The van der Waals surface area contributed by atoms with E-state index in [1.54, 1.807) is 7.11 Å². The predicted molar refractivity (Wildman–Crippen MR) is 77.1 cm³/mol. The van der Waals surface area contributed by atoms with Crippen LogP contribution in [0.25, 0.3) is 0 Å². The summed E-state index contributed by atoms with van der Waals surface area (Å²) in [4.78, 5) is 4.88. The van der Waals surface area contributed by atoms with Crippen LogP contribution in [0, 0.1) is 0 Å². The SMILES string of the molecule is COCCCNCCN(C)CC1(N(C)C)CCC1. The Kier molecular flexibility index (Phi) is 7.15. The van der Waals surface area contributed by atoms with Gasteiger partial charge in [-0.15, -0.1) is 0 Å². The maximum atomic E-state index is 5.03. The second kappa shape index (κ2) is 8.10. The van der Waals surface area contributed by atoms with Gasteiger partial charge in [0.05, 0.1) is 0 Å². The van der Waals surface area contributed by atoms with E-state index >= 15 is 0 Å². The van der Waals surface area contributed by atoms with Crippen molar-refractivity contribution in [1.82, 2.24) is 15.1 Å². The summed E-state index contributed by atoms with van der Waals surface area (Å²) in [6, 6.07) is 0. The number of rotatable bonds is 10. The van der Waals surface area contributed by atoms with E-state index in [4.69, 9.17) is 4.74 Å². The van der Waals surface area contributed by atoms with Gasteiger partial charge in [0.1, 0.15) is 0 Å². The molecule has 0 heterocycles. The van der Waals surface area contributed by atoms with E-state index in [1.165, 1.54) is 25.8 Å². The average Bonchev–Trinajstić information content (AvgIpc) is 2.28. The van der Waals surface area contributed by atoms with Crippen molar-refractivity contribution in [2.45, 2.75) is 31.2 Å². The first-order valence-corrected chi connectivity index (χ1v) is 7.16. The Bertz CT molecular complexity index is 217. The molecule has 0 aliphatic heterocycles. The molecule has 0 amide bonds. The second-order valence-corrected chi connectivity index (χ2v) is 5.81. The minimum absolute atomic E-state index is 0.449. The third-order valence-electron chi connectivity index (χ3n) is 4.17. The Morgan fingerprint density at radius 2 is 1.89 bits per heavy atom. The van der Waals surface area contributed by atoms with Crippen LogP contribution < -0.4 is 5.32 Å². The van der Waals surface area contributed by atoms with Gasteiger partial charge in [-0.2, -0.15) is 0 Å². The maximum Gasteiger partial charge on any atom is 0.0474 e. The number of hydrogen-bond donors (Lipinski definition) is 1. The molecule has 0 spiro atoms. The topological polar surface area (TPSA) is 27.7 Å². The number of methoxy groups -OCH3 is 1. The van der Waals surface area contributed by atoms with Crippen molar-refractivity contribution in [2.24, 2.45) is 0 Å². The average molecular weight is 257 g/mol. The van der Waals surface area contributed by atoms with Gasteiger partial charge in [0, 0.05) is 38.9 Å². The molecule has 0 aromatic carbocycles. The quantitative estimate of drug-likeness (QED) is 0.592. The molecule has 1 aliphatic carbocycles. The van der Waals surface area contributed by atoms with E-state index in [0.717, 1.165) is 32.7 Å². The predicted octanol–water partition coefficient (Wildman–Crippen LogP) is 1.03. The van der Waals surface area contributed by atoms with Crippen molar-refractivity contribution < 1.29 is 4.74 Å². The summed E-state index contributed by atoms with van der Waals surface area (Å²) in [5.41, 5.74) is 0.449. The van der Waals surface area contributed by atoms with Crippen LogP contribution in [0.5, 0.6) is 0 Å². The Morgan fingerprint density at radius 1 is 1.17 bits per heavy atom. The summed E-state index contributed by atoms with van der Waals surface area (Å²) < 4.78 is 5.03. The monoisotopic (exact) mass is 257 g/mol. The zero-order valence-corrected chi connectivity index (χ0v) is 12.7. The fourth-order valence-electron chi connectivity index (χ4n) is 2.65. The molecule has 0 aromatic heterocycles. The third kappa shape index (κ3) is 4.84. The van der Waals surface area contributed by atoms with Crippen molar-refractivity contribution in [3.63, 3.8) is 0 Å². The highest BCUT2D eigenvalue weighted by atomic mass is 16.5. The summed E-state index contributed by atoms with van der Waals surface area (Å²) in [5, 5.41) is 3.47. The van der Waals surface area contributed by atoms with Gasteiger partial charge in [-0.05, 0) is 53.4 Å². The Balaban J connectivity index is 2.08. The minimum Gasteiger partial charge on any atom is -0.385 e. The van der Waals surface area contributed by atoms with Crippen LogP contribution in [0.1, 0.15) is 25.7 Å². The van der Waals surface area contributed by atoms with Crippen LogP contribution in [0.2, 0.25) is 0 Å². The lowest BCUT2D eigenvalue weighted by Crippen LogP contribution is -2.57. The molecule has 1 aliphatic rings. The Hall–Kier alpha value is -0.160. The summed E-state index contributed by atoms with van der Waals surface area (Å²) in [7, 11) is 8.43. The first-order chi connectivity index (χ1) is 8.60. The van der Waals surface area contributed by atoms with Gasteiger partial charge in [0.2, 0.25) is 0 Å². The number of hydrogen-bond acceptors (Lipinski definition) is 4. The first kappa shape index (κ1) is 15.9. The van der Waals surface area contributed by atoms with Gasteiger partial charge in [0.15, 0.2) is 0 Å². The molecule has 1 rings (SSSR count). The van der Waals surface area contributed by atoms with E-state index in [-0.39, 0.29) is 0 Å². The largest absolute Gasteiger partial charge is 0.385 e. The van der Waals surface area contributed by atoms with Gasteiger partial charge in [0.25, 0.3) is 0 Å². The van der Waals surface area contributed by atoms with Crippen LogP contribution >= 0.6 is 0 Å². The van der Waals surface area contributed by atoms with Gasteiger partial charge < -0.3 is 19.9 Å². The Morgan fingerprint density at radius 3 is 2.39 bits per heavy atom. The minimum atomic E-state index is 0.449. The molecule has 0 aromatic rings. The molecule has 0 unspecified atom stereocenters. The smallest absolute Gasteiger partial charge is 0.0474 e. The molecule has 4 heteroatoms. The highest BCUT2D eigenvalue weighted by molar-refractivity contribution is 4.97. The molecule has 0 saturated heterocycles. The zero-order chi connectivity index (χ0) is 13.4. The van der Waals surface area contributed by atoms with Crippen LogP contribution in [0.3, 0.4) is 0 Å². The lowest BCUT2D eigenvalue weighted by atomic mass is 9.75. The highest BCUT2D eigenvalue weighted by Gasteiger charge is 2.39. The molecule has 18 heavy (non-hydrogen) atoms. The van der Waals surface area contributed by atoms with Crippen LogP contribution in [-0.2, 0) is 4.74 Å². The highest BCUT2D eigenvalue weighted by Crippen LogP contribution is 2.36. The third-order valence-corrected chi connectivity index (χ3v) is 4.17. The second-order valence-electron chi connectivity index (χ2n) is 5.81. The summed E-state index contributed by atoms with van der Waals surface area (Å²) in [6.45, 7) is 5.30. The van der Waals surface area contributed by atoms with Crippen molar-refractivity contribution in [2.75, 3.05) is 61.0 Å². The van der Waals surface area contributed by atoms with Crippen LogP contribution in [-0.4, -0.2) is 76.4 Å². The number of nitrogens with one attached hydrogen (secondary N) is 1. The fraction of sp³-hybridized carbons (Fsp3) is 1.00. The molecular formula is C14H31N3O. The maximum absolute atomic E-state index is 5.03. The summed E-state index contributed by atoms with van der Waals surface area (Å²) in [6.07, 6.45) is 5.19. The molecule has 0 radical (unpaired) electrons. The van der Waals surface area contributed by atoms with Gasteiger partial charge in [-0.3, -0.25) is 0 Å². The van der Waals surface area contributed by atoms with Crippen molar-refractivity contribution in [3.05, 3.63) is 0 Å². The molecule has 1 N–H and O–H groups in total. The molecular weight excluding hydrogens is 226 g/mol. The van der Waals surface area contributed by atoms with Gasteiger partial charge in [-0.1, -0.05) is 0 Å². The number of likely N-dealkylation sites (N-methyl/N-ethyl adjacent to an activating group) is 2. The molecule has 108 valence electrons. The molecule has 0 bridgehead atoms. The van der Waals surface area contributed by atoms with E-state index in [2.05, 4.69) is 36.3 Å². The fourth-order valence-corrected chi connectivity index (χ4v) is 2.65. The summed E-state index contributed by atoms with van der Waals surface area (Å²) in [5.74, 6) is 0. The molecule has 0 atom stereocenters. The van der Waals surface area contributed by atoms with E-state index in [9.17, 15) is 0 Å². The lowest BCUT2D eigenvalue weighted by Gasteiger charge is -2.49. The van der Waals surface area contributed by atoms with Crippen molar-refractivity contribution in [1.29, 1.82) is 0 Å². The van der Waals surface area contributed by atoms with E-state index < -0.39 is 0 Å². The van der Waals surface area contributed by atoms with Crippen molar-refractivity contribution >= 4 is 0 Å². The Labute approximate surface area is 113 Å². The van der Waals surface area contributed by atoms with E-state index in [1.807, 2.05) is 0 Å². The number of ether oxygens (including phenoxy) is 1. The first-order valence-electron chi connectivity index (χ1n) is 7.16. The molecule has 4 nitrogen and oxygen atoms in total. The van der Waals surface area contributed by atoms with Gasteiger partial charge >= 0.3 is 0 Å². The van der Waals surface area contributed by atoms with Crippen LogP contribution in [0.15, 0.2) is 0 Å². The lowest BCUT2D eigenvalue weighted by molar-refractivity contribution is 0.0282. The molecule has 1 fully saturated rings. The van der Waals surface area contributed by atoms with Gasteiger partial charge in [-0.25, -0.2) is 0 Å². The standard InChI is InChI=1S/C14H31N3O/c1-16(2)14(7-5-8-14)13-17(3)11-10-15-9-6-12-18-4/h15H,5-13H2,1-4H3. The normalized spacial score (nSPS) is 18.3. The van der Waals surface area contributed by atoms with Crippen LogP contribution in [0.4, 0.5) is 0 Å². The van der Waals surface area contributed by atoms with Crippen molar-refractivity contribution in [3.8, 4) is 0 Å². The number of nitrogens with zero attached hydrogens (tertiary/aromatic N) is 2. The zero-order valence-electron chi connectivity index (χ0n) is 12.7. The molecule has 1 saturated carbocycles.